The molecule has 0 spiro atoms. The zero-order valence-electron chi connectivity index (χ0n) is 2.58. The van der Waals surface area contributed by atoms with Crippen molar-refractivity contribution >= 4 is 7.82 Å². The molecule has 40 valence electrons. The summed E-state index contributed by atoms with van der Waals surface area (Å²) in [7, 11) is -5.39. The van der Waals surface area contributed by atoms with Gasteiger partial charge in [0.05, 0.1) is 0 Å². The molecule has 5 nitrogen and oxygen atoms in total. The highest BCUT2D eigenvalue weighted by Gasteiger charge is 1.44. The van der Waals surface area contributed by atoms with Crippen LogP contribution in [0.25, 0.3) is 0 Å². The predicted octanol–water partition coefficient (Wildman–Crippen LogP) is -3.65. The molecule has 0 aliphatic rings. The fourth-order valence-corrected chi connectivity index (χ4v) is 0. The molecule has 0 fully saturated rings. The van der Waals surface area contributed by atoms with Crippen LogP contribution in [0.4, 0.5) is 0 Å². The normalized spacial score (nSPS) is 9.83. The summed E-state index contributed by atoms with van der Waals surface area (Å²) in [6.07, 6.45) is 0. The summed E-state index contributed by atoms with van der Waals surface area (Å²) in [5, 5.41) is 0. The van der Waals surface area contributed by atoms with E-state index in [1.165, 1.54) is 0 Å². The van der Waals surface area contributed by atoms with Gasteiger partial charge in [-0.25, -0.2) is 0 Å². The lowest BCUT2D eigenvalue weighted by Crippen LogP contribution is -2.24. The Bertz CT molecular complexity index is 50.1. The van der Waals surface area contributed by atoms with Crippen molar-refractivity contribution in [2.45, 2.75) is 0 Å². The van der Waals surface area contributed by atoms with Gasteiger partial charge in [-0.05, 0) is 0 Å². The topological polar surface area (TPSA) is 118 Å². The van der Waals surface area contributed by atoms with Crippen molar-refractivity contribution in [3.63, 3.8) is 0 Å². The lowest BCUT2D eigenvalue weighted by molar-refractivity contribution is -0.432. The van der Waals surface area contributed by atoms with Gasteiger partial charge in [0.2, 0.25) is 0 Å². The van der Waals surface area contributed by atoms with Crippen LogP contribution in [0, 0.1) is 0 Å². The molecule has 0 amide bonds. The fraction of sp³-hybridized carbons (Fsp3) is 0. The van der Waals surface area contributed by atoms with E-state index in [9.17, 15) is 0 Å². The summed E-state index contributed by atoms with van der Waals surface area (Å²) in [6.45, 7) is 0. The molecule has 0 unspecified atom stereocenters. The first-order valence-electron chi connectivity index (χ1n) is 0.730. The van der Waals surface area contributed by atoms with E-state index in [4.69, 9.17) is 19.2 Å². The minimum Gasteiger partial charge on any atom is -0.822 e. The Hall–Kier alpha value is 0.0700. The van der Waals surface area contributed by atoms with E-state index in [2.05, 4.69) is 0 Å². The summed E-state index contributed by atoms with van der Waals surface area (Å²) in [6, 6.07) is 0. The highest BCUT2D eigenvalue weighted by Crippen LogP contribution is 2.03. The van der Waals surface area contributed by atoms with Gasteiger partial charge >= 0.3 is 0 Å². The molecule has 2 N–H and O–H groups in total. The van der Waals surface area contributed by atoms with Crippen molar-refractivity contribution in [3.8, 4) is 0 Å². The maximum Gasteiger partial charge on any atom is -0.159 e. The Morgan fingerprint density at radius 1 is 1.17 bits per heavy atom. The summed E-state index contributed by atoms with van der Waals surface area (Å²) in [5.41, 5.74) is 0. The monoisotopic (exact) mass is 113 g/mol. The predicted molar refractivity (Wildman–Crippen MR) is 11.2 cm³/mol. The second kappa shape index (κ2) is 2.28. The van der Waals surface area contributed by atoms with Crippen LogP contribution in [-0.2, 0) is 4.57 Å². The molecule has 0 saturated carbocycles. The first kappa shape index (κ1) is 9.42. The van der Waals surface area contributed by atoms with Crippen LogP contribution >= 0.6 is 7.82 Å². The minimum absolute atomic E-state index is 0. The molecule has 0 bridgehead atoms. The van der Waals surface area contributed by atoms with Crippen molar-refractivity contribution in [1.29, 1.82) is 0 Å². The van der Waals surface area contributed by atoms with Gasteiger partial charge in [0.1, 0.15) is 0 Å². The molecule has 0 aromatic carbocycles. The highest BCUT2D eigenvalue weighted by molar-refractivity contribution is 7.40. The van der Waals surface area contributed by atoms with Crippen molar-refractivity contribution < 1.29 is 24.7 Å². The average molecular weight is 113 g/mol. The van der Waals surface area contributed by atoms with E-state index >= 15 is 0 Å². The quantitative estimate of drug-likeness (QED) is 0.301. The van der Waals surface area contributed by atoms with Gasteiger partial charge in [-0.2, -0.15) is 7.82 Å². The van der Waals surface area contributed by atoms with Crippen LogP contribution in [0.15, 0.2) is 0 Å². The van der Waals surface area contributed by atoms with Gasteiger partial charge in [0.25, 0.3) is 0 Å². The third-order valence-corrected chi connectivity index (χ3v) is 0. The van der Waals surface area contributed by atoms with Gasteiger partial charge in [-0.3, -0.25) is 0 Å². The Labute approximate surface area is 33.8 Å². The van der Waals surface area contributed by atoms with Gasteiger partial charge in [0.15, 0.2) is 0 Å². The standard InChI is InChI=1S/H3O4P.H2O/c1-5(2,3)4;/h(H3,1,2,3,4);1H2/p-3. The molecule has 0 saturated heterocycles. The molecule has 0 atom stereocenters. The van der Waals surface area contributed by atoms with Crippen molar-refractivity contribution in [2.75, 3.05) is 0 Å². The molecule has 0 aliphatic heterocycles. The molecular weight excluding hydrogens is 111 g/mol. The lowest BCUT2D eigenvalue weighted by atomic mass is 15.8. The lowest BCUT2D eigenvalue weighted by Gasteiger charge is -2.36. The van der Waals surface area contributed by atoms with Crippen molar-refractivity contribution in [1.82, 2.24) is 0 Å². The van der Waals surface area contributed by atoms with Gasteiger partial charge in [-0.15, -0.1) is 0 Å². The zero-order valence-corrected chi connectivity index (χ0v) is 3.47. The first-order valence-corrected chi connectivity index (χ1v) is 2.19. The molecule has 0 aromatic rings. The van der Waals surface area contributed by atoms with Crippen molar-refractivity contribution in [2.24, 2.45) is 0 Å². The average Bonchev–Trinajstić information content (AvgIpc) is 0.722. The summed E-state index contributed by atoms with van der Waals surface area (Å²) >= 11 is 0. The molecule has 0 rings (SSSR count). The summed E-state index contributed by atoms with van der Waals surface area (Å²) in [5.74, 6) is 0. The van der Waals surface area contributed by atoms with Crippen LogP contribution in [0.5, 0.6) is 0 Å². The molecule has 0 aromatic heterocycles. The number of phosphoric acid groups is 1. The van der Waals surface area contributed by atoms with E-state index in [0.29, 0.717) is 0 Å². The van der Waals surface area contributed by atoms with Gasteiger partial charge < -0.3 is 24.7 Å². The zero-order chi connectivity index (χ0) is 4.50. The summed E-state index contributed by atoms with van der Waals surface area (Å²) < 4.78 is 8.55. The second-order valence-corrected chi connectivity index (χ2v) is 1.34. The van der Waals surface area contributed by atoms with E-state index in [1.807, 2.05) is 0 Å². The van der Waals surface area contributed by atoms with E-state index in [-0.39, 0.29) is 5.48 Å². The van der Waals surface area contributed by atoms with Crippen LogP contribution < -0.4 is 14.7 Å². The molecular formula is H2O5P-3. The van der Waals surface area contributed by atoms with Gasteiger partial charge in [-0.1, -0.05) is 0 Å². The smallest absolute Gasteiger partial charge is 0.159 e. The molecule has 0 heterocycles. The third-order valence-electron chi connectivity index (χ3n) is 0. The maximum absolute atomic E-state index is 8.55. The molecule has 0 aliphatic carbocycles. The molecule has 6 heteroatoms. The minimum atomic E-state index is -5.39. The van der Waals surface area contributed by atoms with Crippen LogP contribution in [0.1, 0.15) is 0 Å². The fourth-order valence-electron chi connectivity index (χ4n) is 0. The Morgan fingerprint density at radius 3 is 1.17 bits per heavy atom. The second-order valence-electron chi connectivity index (χ2n) is 0.447. The van der Waals surface area contributed by atoms with Crippen LogP contribution in [0.2, 0.25) is 0 Å². The number of rotatable bonds is 0. The van der Waals surface area contributed by atoms with Crippen LogP contribution in [-0.4, -0.2) is 5.48 Å². The number of hydrogen-bond acceptors (Lipinski definition) is 4. The Kier molecular flexibility index (Phi) is 3.58. The Balaban J connectivity index is 0. The van der Waals surface area contributed by atoms with E-state index < -0.39 is 7.82 Å². The largest absolute Gasteiger partial charge is 0.822 e. The molecule has 6 heavy (non-hydrogen) atoms. The maximum atomic E-state index is 8.55. The van der Waals surface area contributed by atoms with Crippen LogP contribution in [0.3, 0.4) is 0 Å². The van der Waals surface area contributed by atoms with Gasteiger partial charge in [0, 0.05) is 0 Å². The van der Waals surface area contributed by atoms with Crippen molar-refractivity contribution in [3.05, 3.63) is 0 Å². The summed E-state index contributed by atoms with van der Waals surface area (Å²) in [4.78, 5) is 25.6. The SMILES string of the molecule is O.O=P([O-])([O-])[O-]. The third kappa shape index (κ3) is 7830. The first-order chi connectivity index (χ1) is 2.00. The Morgan fingerprint density at radius 2 is 1.17 bits per heavy atom. The van der Waals surface area contributed by atoms with E-state index in [1.54, 1.807) is 0 Å². The highest BCUT2D eigenvalue weighted by atomic mass is 31.2. The van der Waals surface area contributed by atoms with E-state index in [0.717, 1.165) is 0 Å². The molecule has 0 radical (unpaired) electrons. The number of hydrogen-bond donors (Lipinski definition) is 0.